The number of aryl methyl sites for hydroxylation is 1. The van der Waals surface area contributed by atoms with E-state index in [-0.39, 0.29) is 24.5 Å². The Hall–Kier alpha value is -3.16. The van der Waals surface area contributed by atoms with Gasteiger partial charge in [0.2, 0.25) is 0 Å². The minimum Gasteiger partial charge on any atom is -0.455 e. The first-order chi connectivity index (χ1) is 13.9. The highest BCUT2D eigenvalue weighted by Gasteiger charge is 2.21. The quantitative estimate of drug-likeness (QED) is 0.561. The van der Waals surface area contributed by atoms with E-state index in [0.29, 0.717) is 6.42 Å². The number of hydrogen-bond acceptors (Lipinski definition) is 7. The molecule has 0 saturated heterocycles. The molecule has 0 amide bonds. The Bertz CT molecular complexity index is 990. The van der Waals surface area contributed by atoms with Gasteiger partial charge >= 0.3 is 11.8 Å². The highest BCUT2D eigenvalue weighted by Crippen LogP contribution is 2.20. The number of aliphatic hydroxyl groups is 1. The number of nitrogens with two attached hydrogens (primary N) is 1. The van der Waals surface area contributed by atoms with E-state index >= 15 is 0 Å². The van der Waals surface area contributed by atoms with Crippen LogP contribution in [0.2, 0.25) is 0 Å². The minimum absolute atomic E-state index is 0.0492. The van der Waals surface area contributed by atoms with Crippen molar-refractivity contribution in [3.63, 3.8) is 0 Å². The maximum Gasteiger partial charge on any atom is 0.519 e. The van der Waals surface area contributed by atoms with E-state index < -0.39 is 23.9 Å². The molecule has 152 valence electrons. The SMILES string of the molecule is Cc1oc(=O)oc1COC(=O)[C@H](O)C[C@H](N)Cc1ccc(-c2ccccc2)cc1. The molecule has 3 aromatic rings. The molecule has 0 aliphatic heterocycles. The monoisotopic (exact) mass is 397 g/mol. The van der Waals surface area contributed by atoms with E-state index in [4.69, 9.17) is 14.9 Å². The lowest BCUT2D eigenvalue weighted by Gasteiger charge is -2.16. The van der Waals surface area contributed by atoms with Crippen molar-refractivity contribution >= 4 is 5.97 Å². The first-order valence-electron chi connectivity index (χ1n) is 9.26. The van der Waals surface area contributed by atoms with Gasteiger partial charge in [-0.15, -0.1) is 0 Å². The van der Waals surface area contributed by atoms with Crippen LogP contribution in [0.15, 0.2) is 68.2 Å². The van der Waals surface area contributed by atoms with Crippen molar-refractivity contribution in [2.75, 3.05) is 0 Å². The normalized spacial score (nSPS) is 13.1. The molecule has 1 aromatic heterocycles. The van der Waals surface area contributed by atoms with Crippen LogP contribution < -0.4 is 11.6 Å². The van der Waals surface area contributed by atoms with Gasteiger partial charge in [-0.05, 0) is 36.5 Å². The number of benzene rings is 2. The Morgan fingerprint density at radius 3 is 2.34 bits per heavy atom. The summed E-state index contributed by atoms with van der Waals surface area (Å²) >= 11 is 0. The van der Waals surface area contributed by atoms with Crippen LogP contribution in [-0.4, -0.2) is 23.2 Å². The van der Waals surface area contributed by atoms with E-state index in [0.717, 1.165) is 16.7 Å². The van der Waals surface area contributed by atoms with Crippen molar-refractivity contribution in [3.8, 4) is 11.1 Å². The van der Waals surface area contributed by atoms with E-state index in [9.17, 15) is 14.7 Å². The number of carbonyl (C=O) groups is 1. The third kappa shape index (κ3) is 5.66. The fourth-order valence-corrected chi connectivity index (χ4v) is 2.97. The summed E-state index contributed by atoms with van der Waals surface area (Å²) in [5, 5.41) is 10.0. The zero-order valence-electron chi connectivity index (χ0n) is 16.0. The van der Waals surface area contributed by atoms with E-state index in [1.165, 1.54) is 6.92 Å². The van der Waals surface area contributed by atoms with Gasteiger partial charge in [0.15, 0.2) is 24.2 Å². The largest absolute Gasteiger partial charge is 0.519 e. The van der Waals surface area contributed by atoms with E-state index in [1.807, 2.05) is 54.6 Å². The lowest BCUT2D eigenvalue weighted by Crippen LogP contribution is -2.33. The molecule has 0 saturated carbocycles. The van der Waals surface area contributed by atoms with Gasteiger partial charge in [0, 0.05) is 6.04 Å². The molecular formula is C22H23NO6. The maximum absolute atomic E-state index is 11.9. The lowest BCUT2D eigenvalue weighted by atomic mass is 9.98. The molecule has 7 heteroatoms. The summed E-state index contributed by atoms with van der Waals surface area (Å²) in [5.74, 6) is -1.36. The molecule has 7 nitrogen and oxygen atoms in total. The second-order valence-electron chi connectivity index (χ2n) is 6.82. The van der Waals surface area contributed by atoms with Crippen LogP contribution in [-0.2, 0) is 22.6 Å². The average Bonchev–Trinajstić information content (AvgIpc) is 3.04. The van der Waals surface area contributed by atoms with E-state index in [2.05, 4.69) is 4.42 Å². The second kappa shape index (κ2) is 9.36. The number of aliphatic hydroxyl groups excluding tert-OH is 1. The topological polar surface area (TPSA) is 116 Å². The van der Waals surface area contributed by atoms with Crippen molar-refractivity contribution < 1.29 is 23.5 Å². The molecule has 1 heterocycles. The van der Waals surface area contributed by atoms with Crippen molar-refractivity contribution in [1.82, 2.24) is 0 Å². The molecule has 0 unspecified atom stereocenters. The molecule has 0 spiro atoms. The Morgan fingerprint density at radius 2 is 1.72 bits per heavy atom. The highest BCUT2D eigenvalue weighted by atomic mass is 16.6. The highest BCUT2D eigenvalue weighted by molar-refractivity contribution is 5.74. The van der Waals surface area contributed by atoms with Crippen LogP contribution in [0, 0.1) is 6.92 Å². The lowest BCUT2D eigenvalue weighted by molar-refractivity contribution is -0.156. The molecule has 3 N–H and O–H groups in total. The third-order valence-electron chi connectivity index (χ3n) is 4.54. The molecule has 2 atom stereocenters. The summed E-state index contributed by atoms with van der Waals surface area (Å²) in [7, 11) is 0. The molecule has 2 aromatic carbocycles. The average molecular weight is 397 g/mol. The summed E-state index contributed by atoms with van der Waals surface area (Å²) in [6.07, 6.45) is -0.810. The minimum atomic E-state index is -1.37. The van der Waals surface area contributed by atoms with Crippen LogP contribution >= 0.6 is 0 Å². The number of esters is 1. The molecule has 0 radical (unpaired) electrons. The van der Waals surface area contributed by atoms with Crippen LogP contribution in [0.1, 0.15) is 23.5 Å². The molecule has 0 aliphatic carbocycles. The summed E-state index contributed by atoms with van der Waals surface area (Å²) in [4.78, 5) is 22.9. The van der Waals surface area contributed by atoms with Crippen molar-refractivity contribution in [1.29, 1.82) is 0 Å². The standard InChI is InChI=1S/C22H23NO6/c1-14-20(29-22(26)28-14)13-27-21(25)19(24)12-18(23)11-15-7-9-17(10-8-15)16-5-3-2-4-6-16/h2-10,18-19,24H,11-13,23H2,1H3/t18-,19-/m1/s1. The van der Waals surface area contributed by atoms with Crippen molar-refractivity contribution in [2.45, 2.75) is 38.5 Å². The van der Waals surface area contributed by atoms with Gasteiger partial charge in [0.1, 0.15) is 0 Å². The first-order valence-corrected chi connectivity index (χ1v) is 9.26. The fourth-order valence-electron chi connectivity index (χ4n) is 2.97. The predicted octanol–water partition coefficient (Wildman–Crippen LogP) is 2.57. The fraction of sp³-hybridized carbons (Fsp3) is 0.273. The Morgan fingerprint density at radius 1 is 1.07 bits per heavy atom. The maximum atomic E-state index is 11.9. The second-order valence-corrected chi connectivity index (χ2v) is 6.82. The van der Waals surface area contributed by atoms with Gasteiger partial charge in [-0.25, -0.2) is 9.59 Å². The zero-order valence-corrected chi connectivity index (χ0v) is 16.0. The molecule has 0 fully saturated rings. The van der Waals surface area contributed by atoms with Gasteiger partial charge in [0.25, 0.3) is 0 Å². The van der Waals surface area contributed by atoms with Crippen LogP contribution in [0.5, 0.6) is 0 Å². The van der Waals surface area contributed by atoms with E-state index in [1.54, 1.807) is 0 Å². The Kier molecular flexibility index (Phi) is 6.64. The summed E-state index contributed by atoms with van der Waals surface area (Å²) in [6.45, 7) is 1.23. The van der Waals surface area contributed by atoms with Gasteiger partial charge in [-0.2, -0.15) is 0 Å². The van der Waals surface area contributed by atoms with Gasteiger partial charge in [-0.1, -0.05) is 54.6 Å². The molecule has 3 rings (SSSR count). The van der Waals surface area contributed by atoms with Crippen LogP contribution in [0.4, 0.5) is 0 Å². The molecule has 0 aliphatic rings. The molecule has 0 bridgehead atoms. The first kappa shape index (κ1) is 20.6. The van der Waals surface area contributed by atoms with Gasteiger partial charge in [0.05, 0.1) is 0 Å². The Labute approximate surface area is 167 Å². The number of carbonyl (C=O) groups excluding carboxylic acids is 1. The van der Waals surface area contributed by atoms with Crippen molar-refractivity contribution in [2.24, 2.45) is 5.73 Å². The van der Waals surface area contributed by atoms with Crippen LogP contribution in [0.3, 0.4) is 0 Å². The summed E-state index contributed by atoms with van der Waals surface area (Å²) < 4.78 is 14.4. The van der Waals surface area contributed by atoms with Crippen LogP contribution in [0.25, 0.3) is 11.1 Å². The molecule has 29 heavy (non-hydrogen) atoms. The number of rotatable bonds is 8. The molecular weight excluding hydrogens is 374 g/mol. The third-order valence-corrected chi connectivity index (χ3v) is 4.54. The van der Waals surface area contributed by atoms with Gasteiger partial charge in [-0.3, -0.25) is 0 Å². The number of ether oxygens (including phenoxy) is 1. The zero-order chi connectivity index (χ0) is 20.8. The number of hydrogen-bond donors (Lipinski definition) is 2. The summed E-state index contributed by atoms with van der Waals surface area (Å²) in [5.41, 5.74) is 9.33. The Balaban J connectivity index is 1.49. The smallest absolute Gasteiger partial charge is 0.455 e. The van der Waals surface area contributed by atoms with Crippen molar-refractivity contribution in [3.05, 3.63) is 82.3 Å². The van der Waals surface area contributed by atoms with Gasteiger partial charge < -0.3 is 24.4 Å². The summed E-state index contributed by atoms with van der Waals surface area (Å²) in [6, 6.07) is 17.6. The predicted molar refractivity (Wildman–Crippen MR) is 106 cm³/mol.